The molecule has 0 unspecified atom stereocenters. The molecule has 0 saturated heterocycles. The highest BCUT2D eigenvalue weighted by atomic mass is 79.9. The predicted octanol–water partition coefficient (Wildman–Crippen LogP) is 4.27. The summed E-state index contributed by atoms with van der Waals surface area (Å²) >= 11 is 3.26. The number of hydrogen-bond acceptors (Lipinski definition) is 2. The van der Waals surface area contributed by atoms with Crippen LogP contribution in [0, 0.1) is 0 Å². The average molecular weight is 329 g/mol. The molecule has 7 heteroatoms. The molecule has 2 nitrogen and oxygen atoms in total. The summed E-state index contributed by atoms with van der Waals surface area (Å²) in [6.45, 7) is 3.35. The van der Waals surface area contributed by atoms with Crippen LogP contribution >= 0.6 is 15.9 Å². The molecule has 18 heavy (non-hydrogen) atoms. The van der Waals surface area contributed by atoms with Gasteiger partial charge >= 0.3 is 12.2 Å². The molecule has 100 valence electrons. The van der Waals surface area contributed by atoms with Gasteiger partial charge in [0.05, 0.1) is 0 Å². The van der Waals surface area contributed by atoms with Crippen LogP contribution in [0.1, 0.15) is 19.4 Å². The predicted molar refractivity (Wildman–Crippen MR) is 59.5 cm³/mol. The van der Waals surface area contributed by atoms with E-state index in [0.717, 1.165) is 6.07 Å². The first-order chi connectivity index (χ1) is 8.05. The van der Waals surface area contributed by atoms with Gasteiger partial charge in [-0.15, -0.1) is 0 Å². The molecule has 0 N–H and O–H groups in total. The summed E-state index contributed by atoms with van der Waals surface area (Å²) in [5, 5.41) is 0. The Morgan fingerprint density at radius 1 is 1.06 bits per heavy atom. The van der Waals surface area contributed by atoms with E-state index < -0.39 is 22.3 Å². The van der Waals surface area contributed by atoms with Gasteiger partial charge in [0.1, 0.15) is 0 Å². The monoisotopic (exact) mass is 328 g/mol. The quantitative estimate of drug-likeness (QED) is 0.566. The molecule has 0 aromatic heterocycles. The van der Waals surface area contributed by atoms with Crippen LogP contribution in [0.3, 0.4) is 0 Å². The van der Waals surface area contributed by atoms with Crippen molar-refractivity contribution in [2.45, 2.75) is 30.4 Å². The fourth-order valence-corrected chi connectivity index (χ4v) is 1.87. The summed E-state index contributed by atoms with van der Waals surface area (Å²) in [5.41, 5.74) is 0.301. The largest absolute Gasteiger partial charge is 0.507 e. The molecule has 1 aliphatic heterocycles. The van der Waals surface area contributed by atoms with Gasteiger partial charge in [0.2, 0.25) is 0 Å². The van der Waals surface area contributed by atoms with E-state index in [4.69, 9.17) is 0 Å². The first kappa shape index (κ1) is 13.5. The van der Waals surface area contributed by atoms with Crippen molar-refractivity contribution in [2.75, 3.05) is 0 Å². The molecule has 0 saturated carbocycles. The fourth-order valence-electron chi connectivity index (χ4n) is 1.55. The van der Waals surface area contributed by atoms with Crippen molar-refractivity contribution in [3.8, 4) is 11.5 Å². The van der Waals surface area contributed by atoms with Crippen molar-refractivity contribution in [1.82, 2.24) is 0 Å². The van der Waals surface area contributed by atoms with Crippen LogP contribution in [-0.4, -0.2) is 12.2 Å². The van der Waals surface area contributed by atoms with E-state index in [1.807, 2.05) is 0 Å². The number of benzene rings is 1. The Kier molecular flexibility index (Phi) is 2.81. The molecular weight excluding hydrogens is 320 g/mol. The second kappa shape index (κ2) is 3.76. The lowest BCUT2D eigenvalue weighted by atomic mass is 10.0. The first-order valence-electron chi connectivity index (χ1n) is 5.01. The topological polar surface area (TPSA) is 18.5 Å². The van der Waals surface area contributed by atoms with E-state index in [0.29, 0.717) is 5.56 Å². The molecule has 0 amide bonds. The molecule has 0 spiro atoms. The zero-order chi connectivity index (χ0) is 13.8. The van der Waals surface area contributed by atoms with E-state index in [-0.39, 0.29) is 5.75 Å². The van der Waals surface area contributed by atoms with Gasteiger partial charge in [0, 0.05) is 9.89 Å². The number of fused-ring (bicyclic) bond motifs is 1. The minimum atomic E-state index is -4.70. The normalized spacial score (nSPS) is 20.6. The highest BCUT2D eigenvalue weighted by Gasteiger charge is 2.66. The Morgan fingerprint density at radius 2 is 1.61 bits per heavy atom. The van der Waals surface area contributed by atoms with E-state index >= 15 is 0 Å². The minimum absolute atomic E-state index is 0.301. The van der Waals surface area contributed by atoms with Crippen molar-refractivity contribution >= 4 is 15.9 Å². The third kappa shape index (κ3) is 2.04. The zero-order valence-corrected chi connectivity index (χ0v) is 11.0. The number of ether oxygens (including phenoxy) is 2. The van der Waals surface area contributed by atoms with Crippen LogP contribution in [-0.2, 0) is 4.32 Å². The van der Waals surface area contributed by atoms with Gasteiger partial charge in [0.25, 0.3) is 0 Å². The van der Waals surface area contributed by atoms with Gasteiger partial charge in [-0.3, -0.25) is 0 Å². The maximum atomic E-state index is 13.1. The molecule has 1 aromatic rings. The number of rotatable bonds is 1. The molecule has 1 aliphatic rings. The summed E-state index contributed by atoms with van der Waals surface area (Å²) in [6, 6.07) is 4.08. The number of halogens is 5. The Balaban J connectivity index is 2.58. The lowest BCUT2D eigenvalue weighted by Gasteiger charge is -2.34. The summed E-state index contributed by atoms with van der Waals surface area (Å²) in [6.07, 6.45) is -9.39. The van der Waals surface area contributed by atoms with Gasteiger partial charge in [-0.05, 0) is 19.9 Å². The first-order valence-corrected chi connectivity index (χ1v) is 5.80. The molecule has 0 radical (unpaired) electrons. The highest BCUT2D eigenvalue weighted by Crippen LogP contribution is 2.51. The third-order valence-electron chi connectivity index (χ3n) is 2.43. The third-order valence-corrected chi connectivity index (χ3v) is 2.85. The maximum absolute atomic E-state index is 13.1. The standard InChI is InChI=1S/C11H9BrF4O2/c1-9(2,12)6-4-3-5-7-8(6)18-11(15,16)10(13,14)17-7/h3-5H,1-2H3. The second-order valence-corrected chi connectivity index (χ2v) is 6.33. The van der Waals surface area contributed by atoms with Crippen molar-refractivity contribution in [3.05, 3.63) is 23.8 Å². The van der Waals surface area contributed by atoms with Crippen LogP contribution in [0.15, 0.2) is 18.2 Å². The van der Waals surface area contributed by atoms with Crippen LogP contribution in [0.5, 0.6) is 11.5 Å². The van der Waals surface area contributed by atoms with E-state index in [2.05, 4.69) is 25.4 Å². The summed E-state index contributed by atoms with van der Waals surface area (Å²) in [4.78, 5) is 0. The summed E-state index contributed by atoms with van der Waals surface area (Å²) < 4.78 is 59.7. The Bertz CT molecular complexity index is 482. The van der Waals surface area contributed by atoms with Crippen LogP contribution in [0.2, 0.25) is 0 Å². The molecule has 1 aromatic carbocycles. The lowest BCUT2D eigenvalue weighted by molar-refractivity contribution is -0.391. The molecule has 2 rings (SSSR count). The maximum Gasteiger partial charge on any atom is 0.507 e. The molecule has 0 atom stereocenters. The average Bonchev–Trinajstić information content (AvgIpc) is 2.16. The Morgan fingerprint density at radius 3 is 2.17 bits per heavy atom. The molecule has 0 fully saturated rings. The second-order valence-electron chi connectivity index (χ2n) is 4.34. The number of hydrogen-bond donors (Lipinski definition) is 0. The van der Waals surface area contributed by atoms with Gasteiger partial charge in [-0.25, -0.2) is 0 Å². The Labute approximate surface area is 109 Å². The highest BCUT2D eigenvalue weighted by molar-refractivity contribution is 9.09. The van der Waals surface area contributed by atoms with Gasteiger partial charge in [-0.1, -0.05) is 28.1 Å². The minimum Gasteiger partial charge on any atom is -0.421 e. The smallest absolute Gasteiger partial charge is 0.421 e. The van der Waals surface area contributed by atoms with Crippen LogP contribution in [0.25, 0.3) is 0 Å². The van der Waals surface area contributed by atoms with E-state index in [1.54, 1.807) is 13.8 Å². The van der Waals surface area contributed by atoms with E-state index in [1.165, 1.54) is 12.1 Å². The molecular formula is C11H9BrF4O2. The van der Waals surface area contributed by atoms with Gasteiger partial charge in [-0.2, -0.15) is 17.6 Å². The fraction of sp³-hybridized carbons (Fsp3) is 0.455. The molecule has 1 heterocycles. The van der Waals surface area contributed by atoms with E-state index in [9.17, 15) is 17.6 Å². The summed E-state index contributed by atoms with van der Waals surface area (Å²) in [5.74, 6) is -0.786. The molecule has 0 aliphatic carbocycles. The summed E-state index contributed by atoms with van der Waals surface area (Å²) in [7, 11) is 0. The number of para-hydroxylation sites is 1. The van der Waals surface area contributed by atoms with Crippen LogP contribution < -0.4 is 9.47 Å². The van der Waals surface area contributed by atoms with Gasteiger partial charge in [0.15, 0.2) is 11.5 Å². The molecule has 0 bridgehead atoms. The number of alkyl halides is 5. The SMILES string of the molecule is CC(C)(Br)c1cccc2c1OC(F)(F)C(F)(F)O2. The van der Waals surface area contributed by atoms with Crippen LogP contribution in [0.4, 0.5) is 17.6 Å². The Hall–Kier alpha value is -0.980. The lowest BCUT2D eigenvalue weighted by Crippen LogP contribution is -2.52. The van der Waals surface area contributed by atoms with Crippen molar-refractivity contribution < 1.29 is 27.0 Å². The van der Waals surface area contributed by atoms with Crippen molar-refractivity contribution in [2.24, 2.45) is 0 Å². The zero-order valence-electron chi connectivity index (χ0n) is 9.44. The van der Waals surface area contributed by atoms with Crippen molar-refractivity contribution in [3.63, 3.8) is 0 Å². The van der Waals surface area contributed by atoms with Crippen molar-refractivity contribution in [1.29, 1.82) is 0 Å². The van der Waals surface area contributed by atoms with Gasteiger partial charge < -0.3 is 9.47 Å².